The maximum Gasteiger partial charge on any atom is 0.0587 e. The van der Waals surface area contributed by atoms with Crippen LogP contribution >= 0.6 is 0 Å². The molecule has 2 heteroatoms. The standard InChI is InChI=1S/C12H27NO/c1-9(2)10(3)6-7-11(4)12(8-14)13-5/h9-14H,6-8H2,1-5H3. The first kappa shape index (κ1) is 13.9. The topological polar surface area (TPSA) is 32.3 Å². The smallest absolute Gasteiger partial charge is 0.0587 e. The molecule has 0 aromatic heterocycles. The van der Waals surface area contributed by atoms with Gasteiger partial charge in [-0.2, -0.15) is 0 Å². The van der Waals surface area contributed by atoms with Gasteiger partial charge in [0.2, 0.25) is 0 Å². The predicted octanol–water partition coefficient (Wildman–Crippen LogP) is 2.28. The van der Waals surface area contributed by atoms with Gasteiger partial charge in [-0.3, -0.25) is 0 Å². The molecule has 0 heterocycles. The van der Waals surface area contributed by atoms with E-state index in [9.17, 15) is 0 Å². The molecule has 0 radical (unpaired) electrons. The van der Waals surface area contributed by atoms with Gasteiger partial charge in [-0.05, 0) is 31.2 Å². The van der Waals surface area contributed by atoms with Gasteiger partial charge in [-0.1, -0.05) is 34.1 Å². The van der Waals surface area contributed by atoms with E-state index in [-0.39, 0.29) is 12.6 Å². The average Bonchev–Trinajstić information content (AvgIpc) is 2.15. The van der Waals surface area contributed by atoms with Crippen molar-refractivity contribution in [1.29, 1.82) is 0 Å². The Morgan fingerprint density at radius 3 is 1.86 bits per heavy atom. The molecule has 0 amide bonds. The van der Waals surface area contributed by atoms with Gasteiger partial charge in [0.15, 0.2) is 0 Å². The summed E-state index contributed by atoms with van der Waals surface area (Å²) in [5, 5.41) is 12.3. The number of hydrogen-bond acceptors (Lipinski definition) is 2. The number of likely N-dealkylation sites (N-methyl/N-ethyl adjacent to an activating group) is 1. The van der Waals surface area contributed by atoms with Crippen molar-refractivity contribution < 1.29 is 5.11 Å². The molecule has 0 aliphatic rings. The van der Waals surface area contributed by atoms with Crippen LogP contribution in [0.15, 0.2) is 0 Å². The third-order valence-corrected chi connectivity index (χ3v) is 3.47. The zero-order valence-corrected chi connectivity index (χ0v) is 10.4. The fourth-order valence-corrected chi connectivity index (χ4v) is 1.62. The first-order valence-electron chi connectivity index (χ1n) is 5.81. The highest BCUT2D eigenvalue weighted by Crippen LogP contribution is 2.20. The second-order valence-electron chi connectivity index (χ2n) is 4.85. The molecule has 0 aliphatic heterocycles. The molecule has 0 aliphatic carbocycles. The Balaban J connectivity index is 3.77. The summed E-state index contributed by atoms with van der Waals surface area (Å²) in [6.07, 6.45) is 2.46. The molecule has 2 nitrogen and oxygen atoms in total. The van der Waals surface area contributed by atoms with Crippen molar-refractivity contribution in [3.63, 3.8) is 0 Å². The predicted molar refractivity (Wildman–Crippen MR) is 62.3 cm³/mol. The molecule has 0 saturated heterocycles. The van der Waals surface area contributed by atoms with Crippen molar-refractivity contribution in [1.82, 2.24) is 5.32 Å². The highest BCUT2D eigenvalue weighted by atomic mass is 16.3. The molecule has 0 rings (SSSR count). The minimum absolute atomic E-state index is 0.244. The lowest BCUT2D eigenvalue weighted by atomic mass is 9.88. The first-order chi connectivity index (χ1) is 6.52. The summed E-state index contributed by atoms with van der Waals surface area (Å²) in [6, 6.07) is 0.259. The molecule has 3 atom stereocenters. The molecule has 0 spiro atoms. The minimum Gasteiger partial charge on any atom is -0.395 e. The average molecular weight is 201 g/mol. The van der Waals surface area contributed by atoms with Gasteiger partial charge in [0, 0.05) is 6.04 Å². The van der Waals surface area contributed by atoms with Crippen LogP contribution in [0.5, 0.6) is 0 Å². The van der Waals surface area contributed by atoms with E-state index in [0.29, 0.717) is 5.92 Å². The highest BCUT2D eigenvalue weighted by Gasteiger charge is 2.16. The zero-order chi connectivity index (χ0) is 11.1. The Kier molecular flexibility index (Phi) is 7.20. The van der Waals surface area contributed by atoms with Gasteiger partial charge in [0.25, 0.3) is 0 Å². The normalized spacial score (nSPS) is 18.2. The summed E-state index contributed by atoms with van der Waals surface area (Å²) in [6.45, 7) is 9.32. The van der Waals surface area contributed by atoms with E-state index in [1.165, 1.54) is 12.8 Å². The number of nitrogens with one attached hydrogen (secondary N) is 1. The van der Waals surface area contributed by atoms with Crippen molar-refractivity contribution in [2.75, 3.05) is 13.7 Å². The van der Waals surface area contributed by atoms with Gasteiger partial charge >= 0.3 is 0 Å². The summed E-state index contributed by atoms with van der Waals surface area (Å²) < 4.78 is 0. The lowest BCUT2D eigenvalue weighted by Crippen LogP contribution is -2.35. The summed E-state index contributed by atoms with van der Waals surface area (Å²) in [7, 11) is 1.92. The Hall–Kier alpha value is -0.0800. The van der Waals surface area contributed by atoms with Gasteiger partial charge < -0.3 is 10.4 Å². The summed E-state index contributed by atoms with van der Waals surface area (Å²) in [4.78, 5) is 0. The van der Waals surface area contributed by atoms with E-state index >= 15 is 0 Å². The minimum atomic E-state index is 0.244. The van der Waals surface area contributed by atoms with E-state index in [2.05, 4.69) is 33.0 Å². The number of aliphatic hydroxyl groups excluding tert-OH is 1. The van der Waals surface area contributed by atoms with E-state index in [0.717, 1.165) is 11.8 Å². The Bertz CT molecular complexity index is 132. The first-order valence-corrected chi connectivity index (χ1v) is 5.81. The molecule has 86 valence electrons. The largest absolute Gasteiger partial charge is 0.395 e. The van der Waals surface area contributed by atoms with Gasteiger partial charge in [-0.25, -0.2) is 0 Å². The van der Waals surface area contributed by atoms with Crippen LogP contribution in [-0.4, -0.2) is 24.8 Å². The van der Waals surface area contributed by atoms with Crippen molar-refractivity contribution in [3.05, 3.63) is 0 Å². The Labute approximate surface area is 89.1 Å². The molecule has 0 saturated carbocycles. The van der Waals surface area contributed by atoms with Crippen molar-refractivity contribution in [2.24, 2.45) is 17.8 Å². The molecular formula is C12H27NO. The second kappa shape index (κ2) is 7.24. The van der Waals surface area contributed by atoms with Crippen LogP contribution in [0.4, 0.5) is 0 Å². The van der Waals surface area contributed by atoms with Crippen LogP contribution in [0.3, 0.4) is 0 Å². The van der Waals surface area contributed by atoms with Crippen LogP contribution in [0.1, 0.15) is 40.5 Å². The summed E-state index contributed by atoms with van der Waals surface area (Å²) in [5.74, 6) is 2.12. The van der Waals surface area contributed by atoms with E-state index in [4.69, 9.17) is 5.11 Å². The third kappa shape index (κ3) is 4.97. The van der Waals surface area contributed by atoms with Gasteiger partial charge in [0.05, 0.1) is 6.61 Å². The van der Waals surface area contributed by atoms with Crippen molar-refractivity contribution in [2.45, 2.75) is 46.6 Å². The van der Waals surface area contributed by atoms with Gasteiger partial charge in [-0.15, -0.1) is 0 Å². The SMILES string of the molecule is CNC(CO)C(C)CCC(C)C(C)C. The molecule has 0 fully saturated rings. The lowest BCUT2D eigenvalue weighted by molar-refractivity contribution is 0.199. The molecule has 0 aromatic carbocycles. The highest BCUT2D eigenvalue weighted by molar-refractivity contribution is 4.71. The zero-order valence-electron chi connectivity index (χ0n) is 10.4. The molecule has 3 unspecified atom stereocenters. The van der Waals surface area contributed by atoms with Crippen LogP contribution in [-0.2, 0) is 0 Å². The van der Waals surface area contributed by atoms with Crippen molar-refractivity contribution in [3.8, 4) is 0 Å². The van der Waals surface area contributed by atoms with E-state index in [1.807, 2.05) is 7.05 Å². The molecule has 0 aromatic rings. The number of hydrogen-bond donors (Lipinski definition) is 2. The second-order valence-corrected chi connectivity index (χ2v) is 4.85. The van der Waals surface area contributed by atoms with Gasteiger partial charge in [0.1, 0.15) is 0 Å². The maximum atomic E-state index is 9.11. The fraction of sp³-hybridized carbons (Fsp3) is 1.00. The van der Waals surface area contributed by atoms with E-state index < -0.39 is 0 Å². The third-order valence-electron chi connectivity index (χ3n) is 3.47. The van der Waals surface area contributed by atoms with Crippen LogP contribution < -0.4 is 5.32 Å². The molecule has 2 N–H and O–H groups in total. The fourth-order valence-electron chi connectivity index (χ4n) is 1.62. The number of rotatable bonds is 7. The van der Waals surface area contributed by atoms with Crippen molar-refractivity contribution >= 4 is 0 Å². The molecular weight excluding hydrogens is 174 g/mol. The van der Waals surface area contributed by atoms with Crippen LogP contribution in [0.2, 0.25) is 0 Å². The summed E-state index contributed by atoms with van der Waals surface area (Å²) in [5.41, 5.74) is 0. The monoisotopic (exact) mass is 201 g/mol. The lowest BCUT2D eigenvalue weighted by Gasteiger charge is -2.23. The molecule has 14 heavy (non-hydrogen) atoms. The summed E-state index contributed by atoms with van der Waals surface area (Å²) >= 11 is 0. The van der Waals surface area contributed by atoms with E-state index in [1.54, 1.807) is 0 Å². The maximum absolute atomic E-state index is 9.11. The Morgan fingerprint density at radius 2 is 1.50 bits per heavy atom. The van der Waals surface area contributed by atoms with Crippen LogP contribution in [0, 0.1) is 17.8 Å². The van der Waals surface area contributed by atoms with Crippen LogP contribution in [0.25, 0.3) is 0 Å². The Morgan fingerprint density at radius 1 is 1.00 bits per heavy atom. The number of aliphatic hydroxyl groups is 1. The quantitative estimate of drug-likeness (QED) is 0.662. The molecule has 0 bridgehead atoms.